The minimum atomic E-state index is -1.95. The maximum atomic E-state index is 13.1. The van der Waals surface area contributed by atoms with Gasteiger partial charge < -0.3 is 33.1 Å². The van der Waals surface area contributed by atoms with Gasteiger partial charge in [-0.25, -0.2) is 9.46 Å². The molecule has 64 heavy (non-hydrogen) atoms. The molecule has 0 bridgehead atoms. The number of ether oxygens (including phenoxy) is 4. The number of nitriles is 1. The van der Waals surface area contributed by atoms with Gasteiger partial charge in [0, 0.05) is 36.7 Å². The number of carbonyl (C=O) groups excluding carboxylic acids is 2. The van der Waals surface area contributed by atoms with Crippen LogP contribution in [-0.4, -0.2) is 90.5 Å². The molecule has 15 heteroatoms. The predicted molar refractivity (Wildman–Crippen MR) is 251 cm³/mol. The predicted octanol–water partition coefficient (Wildman–Crippen LogP) is 10.2. The fourth-order valence-electron chi connectivity index (χ4n) is 7.32. The number of aliphatic hydroxyl groups is 1. The van der Waals surface area contributed by atoms with Gasteiger partial charge in [0.05, 0.1) is 43.6 Å². The Morgan fingerprint density at radius 2 is 1.45 bits per heavy atom. The maximum Gasteiger partial charge on any atom is 0.344 e. The molecule has 13 nitrogen and oxygen atoms in total. The zero-order valence-electron chi connectivity index (χ0n) is 37.8. The number of hydrogen-bond acceptors (Lipinski definition) is 13. The number of esters is 1. The molecular formula is C49H57N4O9PS. The van der Waals surface area contributed by atoms with Crippen molar-refractivity contribution < 1.29 is 42.7 Å². The van der Waals surface area contributed by atoms with E-state index < -0.39 is 31.1 Å². The van der Waals surface area contributed by atoms with E-state index in [0.29, 0.717) is 29.0 Å². The van der Waals surface area contributed by atoms with Gasteiger partial charge >= 0.3 is 14.5 Å². The van der Waals surface area contributed by atoms with Gasteiger partial charge in [-0.05, 0) is 94.6 Å². The van der Waals surface area contributed by atoms with Crippen molar-refractivity contribution in [3.63, 3.8) is 0 Å². The van der Waals surface area contributed by atoms with Gasteiger partial charge in [-0.15, -0.1) is 11.8 Å². The first kappa shape index (κ1) is 49.3. The summed E-state index contributed by atoms with van der Waals surface area (Å²) >= 11 is 1.55. The number of rotatable bonds is 21. The lowest BCUT2D eigenvalue weighted by Gasteiger charge is -2.40. The first-order valence-corrected chi connectivity index (χ1v) is 22.9. The molecule has 1 aliphatic heterocycles. The van der Waals surface area contributed by atoms with Crippen molar-refractivity contribution in [1.29, 1.82) is 5.26 Å². The Morgan fingerprint density at radius 3 is 1.94 bits per heavy atom. The number of amides is 1. The summed E-state index contributed by atoms with van der Waals surface area (Å²) in [4.78, 5) is 31.5. The van der Waals surface area contributed by atoms with Crippen LogP contribution in [-0.2, 0) is 28.1 Å². The monoisotopic (exact) mass is 908 g/mol. The van der Waals surface area contributed by atoms with E-state index >= 15 is 0 Å². The van der Waals surface area contributed by atoms with Crippen LogP contribution >= 0.6 is 20.3 Å². The van der Waals surface area contributed by atoms with Crippen LogP contribution in [0.5, 0.6) is 11.5 Å². The third-order valence-electron chi connectivity index (χ3n) is 10.4. The van der Waals surface area contributed by atoms with Crippen molar-refractivity contribution >= 4 is 38.6 Å². The molecule has 5 rings (SSSR count). The Labute approximate surface area is 382 Å². The van der Waals surface area contributed by atoms with Crippen LogP contribution < -0.4 is 9.47 Å². The van der Waals surface area contributed by atoms with Crippen molar-refractivity contribution in [3.05, 3.63) is 155 Å². The van der Waals surface area contributed by atoms with E-state index in [0.717, 1.165) is 21.6 Å². The second kappa shape index (κ2) is 22.8. The number of carbonyl (C=O) groups is 2. The number of hydrogen-bond donors (Lipinski definition) is 1. The molecule has 1 N–H and O–H groups in total. The van der Waals surface area contributed by atoms with Crippen molar-refractivity contribution in [2.75, 3.05) is 33.6 Å². The standard InChI is InChI=1S/C49H57N4O9PS/c1-34(2)53(35(3)4)63(59-30-16-29-50)62-44-43(55)46(52(33-54)31-36(5)45(51-7)60-47(56)37-17-12-10-13-18-37)61-48(44,6)32-64-49(38-19-14-11-15-20-38,39-21-25-41(57-8)26-22-39)40-23-27-42(58-9)28-24-40/h10-15,17-28,31,33-35,46,55H,16,30,32H2,1-9H3/b36-31-,51-45+. The molecule has 0 saturated heterocycles. The van der Waals surface area contributed by atoms with Crippen LogP contribution in [0, 0.1) is 11.3 Å². The zero-order chi connectivity index (χ0) is 46.4. The molecule has 4 aromatic rings. The fraction of sp³-hybridized carbons (Fsp3) is 0.347. The van der Waals surface area contributed by atoms with Gasteiger partial charge in [0.2, 0.25) is 12.3 Å². The summed E-state index contributed by atoms with van der Waals surface area (Å²) in [6, 6.07) is 36.3. The normalized spacial score (nSPS) is 17.3. The van der Waals surface area contributed by atoms with Gasteiger partial charge in [-0.3, -0.25) is 14.7 Å². The van der Waals surface area contributed by atoms with E-state index in [4.69, 9.17) is 28.0 Å². The minimum absolute atomic E-state index is 0.0393. The van der Waals surface area contributed by atoms with Crippen LogP contribution in [0.1, 0.15) is 75.0 Å². The van der Waals surface area contributed by atoms with Crippen LogP contribution in [0.25, 0.3) is 0 Å². The van der Waals surface area contributed by atoms with Gasteiger partial charge in [-0.1, -0.05) is 72.8 Å². The van der Waals surface area contributed by atoms with Crippen molar-refractivity contribution in [2.45, 2.75) is 76.6 Å². The second-order valence-corrected chi connectivity index (χ2v) is 18.1. The second-order valence-electron chi connectivity index (χ2n) is 15.5. The van der Waals surface area contributed by atoms with Crippen molar-refractivity contribution in [3.8, 4) is 17.6 Å². The highest BCUT2D eigenvalue weighted by molar-refractivity contribution is 8.00. The number of benzene rings is 4. The molecule has 1 heterocycles. The maximum absolute atomic E-state index is 13.1. The summed E-state index contributed by atoms with van der Waals surface area (Å²) in [6.07, 6.45) is 0.629. The van der Waals surface area contributed by atoms with E-state index in [1.54, 1.807) is 70.2 Å². The summed E-state index contributed by atoms with van der Waals surface area (Å²) in [6.45, 7) is 11.6. The third-order valence-corrected chi connectivity index (χ3v) is 14.2. The van der Waals surface area contributed by atoms with Gasteiger partial charge in [0.25, 0.3) is 0 Å². The quantitative estimate of drug-likeness (QED) is 0.0161. The highest BCUT2D eigenvalue weighted by Gasteiger charge is 2.52. The lowest BCUT2D eigenvalue weighted by molar-refractivity contribution is -0.131. The number of nitrogens with zero attached hydrogens (tertiary/aromatic N) is 4. The number of aliphatic hydroxyl groups excluding tert-OH is 1. The minimum Gasteiger partial charge on any atom is -0.505 e. The van der Waals surface area contributed by atoms with Gasteiger partial charge in [-0.2, -0.15) is 5.26 Å². The largest absolute Gasteiger partial charge is 0.505 e. The summed E-state index contributed by atoms with van der Waals surface area (Å²) < 4.78 is 38.0. The van der Waals surface area contributed by atoms with Crippen LogP contribution in [0.4, 0.5) is 0 Å². The van der Waals surface area contributed by atoms with Crippen LogP contribution in [0.2, 0.25) is 0 Å². The average molecular weight is 909 g/mol. The van der Waals surface area contributed by atoms with E-state index in [-0.39, 0.29) is 48.3 Å². The Morgan fingerprint density at radius 1 is 0.922 bits per heavy atom. The molecule has 0 aromatic heterocycles. The summed E-state index contributed by atoms with van der Waals surface area (Å²) in [7, 11) is 2.76. The SMILES string of the molecule is C/N=C(OC(=O)c1ccccc1)\C(C)=C/N(C=O)C1OC(C)(CSC(c2ccccc2)(c2ccc(OC)cc2)c2ccc(OC)cc2)C(OP(OCCC#N)N(C(C)C)C(C)C)=C1O. The molecule has 0 aliphatic carbocycles. The molecule has 3 atom stereocenters. The molecule has 338 valence electrons. The molecule has 0 spiro atoms. The average Bonchev–Trinajstić information content (AvgIpc) is 3.55. The Kier molecular flexibility index (Phi) is 17.6. The number of thioether (sulfide) groups is 1. The van der Waals surface area contributed by atoms with Crippen LogP contribution in [0.3, 0.4) is 0 Å². The van der Waals surface area contributed by atoms with Crippen molar-refractivity contribution in [2.24, 2.45) is 4.99 Å². The molecule has 0 fully saturated rings. The molecule has 0 saturated carbocycles. The first-order chi connectivity index (χ1) is 30.8. The third kappa shape index (κ3) is 11.3. The molecule has 1 amide bonds. The molecule has 0 radical (unpaired) electrons. The highest BCUT2D eigenvalue weighted by Crippen LogP contribution is 2.56. The fourth-order valence-corrected chi connectivity index (χ4v) is 10.6. The first-order valence-electron chi connectivity index (χ1n) is 20.8. The smallest absolute Gasteiger partial charge is 0.344 e. The van der Waals surface area contributed by atoms with Gasteiger partial charge in [0.15, 0.2) is 17.7 Å². The van der Waals surface area contributed by atoms with Crippen molar-refractivity contribution in [1.82, 2.24) is 9.57 Å². The molecule has 4 aromatic carbocycles. The van der Waals surface area contributed by atoms with Crippen LogP contribution in [0.15, 0.2) is 137 Å². The zero-order valence-corrected chi connectivity index (χ0v) is 39.5. The number of methoxy groups -OCH3 is 2. The van der Waals surface area contributed by atoms with E-state index in [1.165, 1.54) is 13.2 Å². The summed E-state index contributed by atoms with van der Waals surface area (Å²) in [5, 5.41) is 21.8. The lowest BCUT2D eigenvalue weighted by Crippen LogP contribution is -2.40. The van der Waals surface area contributed by atoms with E-state index in [1.807, 2.05) is 99.1 Å². The highest BCUT2D eigenvalue weighted by atomic mass is 32.2. The summed E-state index contributed by atoms with van der Waals surface area (Å²) in [5.74, 6) is 0.565. The molecular weight excluding hydrogens is 852 g/mol. The number of aliphatic imine (C=N–C) groups is 1. The topological polar surface area (TPSA) is 152 Å². The lowest BCUT2D eigenvalue weighted by atomic mass is 9.84. The van der Waals surface area contributed by atoms with Gasteiger partial charge in [0.1, 0.15) is 17.1 Å². The molecule has 1 aliphatic rings. The van der Waals surface area contributed by atoms with E-state index in [2.05, 4.69) is 23.2 Å². The molecule has 3 unspecified atom stereocenters. The summed E-state index contributed by atoms with van der Waals surface area (Å²) in [5.41, 5.74) is 2.01. The Hall–Kier alpha value is -5.68. The Bertz CT molecular complexity index is 2250. The Balaban J connectivity index is 1.65. The van der Waals surface area contributed by atoms with E-state index in [9.17, 15) is 20.0 Å².